The largest absolute Gasteiger partial charge is 0.493 e. The van der Waals surface area contributed by atoms with Gasteiger partial charge in [-0.3, -0.25) is 0 Å². The maximum absolute atomic E-state index is 13.3. The maximum Gasteiger partial charge on any atom is 0.129 e. The Bertz CT molecular complexity index is 640. The second-order valence-corrected chi connectivity index (χ2v) is 5.90. The van der Waals surface area contributed by atoms with E-state index in [0.717, 1.165) is 23.3 Å². The topological polar surface area (TPSA) is 18.5 Å². The molecule has 20 heavy (non-hydrogen) atoms. The molecule has 0 saturated carbocycles. The molecule has 3 rings (SSSR count). The highest BCUT2D eigenvalue weighted by molar-refractivity contribution is 9.10. The van der Waals surface area contributed by atoms with Gasteiger partial charge in [0.2, 0.25) is 0 Å². The second kappa shape index (κ2) is 5.62. The summed E-state index contributed by atoms with van der Waals surface area (Å²) in [6.07, 6.45) is 0.856. The quantitative estimate of drug-likeness (QED) is 0.789. The molecule has 1 aliphatic rings. The summed E-state index contributed by atoms with van der Waals surface area (Å²) in [5.74, 6) is 0.954. The Balaban J connectivity index is 1.82. The number of ether oxygens (including phenoxy) is 2. The summed E-state index contributed by atoms with van der Waals surface area (Å²) < 4.78 is 25.1. The first-order valence-corrected chi connectivity index (χ1v) is 7.32. The lowest BCUT2D eigenvalue weighted by Gasteiger charge is -2.11. The molecule has 0 amide bonds. The van der Waals surface area contributed by atoms with Crippen molar-refractivity contribution in [2.45, 2.75) is 13.0 Å². The van der Waals surface area contributed by atoms with Crippen molar-refractivity contribution in [1.29, 1.82) is 0 Å². The van der Waals surface area contributed by atoms with Gasteiger partial charge < -0.3 is 9.47 Å². The molecule has 0 aliphatic carbocycles. The number of halogens is 3. The minimum atomic E-state index is -0.345. The van der Waals surface area contributed by atoms with E-state index in [1.54, 1.807) is 6.07 Å². The van der Waals surface area contributed by atoms with Crippen LogP contribution in [-0.4, -0.2) is 6.61 Å². The van der Waals surface area contributed by atoms with Gasteiger partial charge in [0, 0.05) is 27.5 Å². The molecule has 0 aromatic heterocycles. The molecule has 0 radical (unpaired) electrons. The Labute approximate surface area is 129 Å². The number of benzene rings is 2. The Kier molecular flexibility index (Phi) is 3.85. The first kappa shape index (κ1) is 13.7. The van der Waals surface area contributed by atoms with E-state index in [0.29, 0.717) is 28.5 Å². The van der Waals surface area contributed by atoms with Crippen LogP contribution in [-0.2, 0) is 13.0 Å². The Morgan fingerprint density at radius 3 is 2.90 bits per heavy atom. The smallest absolute Gasteiger partial charge is 0.129 e. The van der Waals surface area contributed by atoms with E-state index in [1.807, 2.05) is 12.1 Å². The Morgan fingerprint density at radius 1 is 1.25 bits per heavy atom. The molecule has 104 valence electrons. The van der Waals surface area contributed by atoms with E-state index in [4.69, 9.17) is 21.1 Å². The Morgan fingerprint density at radius 2 is 2.10 bits per heavy atom. The van der Waals surface area contributed by atoms with Crippen molar-refractivity contribution >= 4 is 27.5 Å². The molecule has 0 N–H and O–H groups in total. The minimum Gasteiger partial charge on any atom is -0.493 e. The van der Waals surface area contributed by atoms with Crippen molar-refractivity contribution in [2.24, 2.45) is 0 Å². The van der Waals surface area contributed by atoms with Gasteiger partial charge in [0.05, 0.1) is 6.61 Å². The average molecular weight is 358 g/mol. The summed E-state index contributed by atoms with van der Waals surface area (Å²) in [5, 5.41) is 0.660. The molecule has 0 fully saturated rings. The van der Waals surface area contributed by atoms with Gasteiger partial charge >= 0.3 is 0 Å². The normalized spacial score (nSPS) is 12.9. The summed E-state index contributed by atoms with van der Waals surface area (Å²) in [6.45, 7) is 0.951. The fraction of sp³-hybridized carbons (Fsp3) is 0.200. The van der Waals surface area contributed by atoms with Crippen LogP contribution in [0.4, 0.5) is 4.39 Å². The lowest BCUT2D eigenvalue weighted by Crippen LogP contribution is -1.99. The SMILES string of the molecule is Fc1cc(Br)cc(OCc2cc(Cl)cc3c2OCC3)c1. The fourth-order valence-corrected chi connectivity index (χ4v) is 2.93. The van der Waals surface area contributed by atoms with Crippen molar-refractivity contribution in [3.05, 3.63) is 56.8 Å². The monoisotopic (exact) mass is 356 g/mol. The summed E-state index contributed by atoms with van der Waals surface area (Å²) >= 11 is 9.32. The highest BCUT2D eigenvalue weighted by Gasteiger charge is 2.18. The summed E-state index contributed by atoms with van der Waals surface area (Å²) in [4.78, 5) is 0. The average Bonchev–Trinajstić information content (AvgIpc) is 2.82. The summed E-state index contributed by atoms with van der Waals surface area (Å²) in [6, 6.07) is 8.17. The third-order valence-corrected chi connectivity index (χ3v) is 3.73. The summed E-state index contributed by atoms with van der Waals surface area (Å²) in [7, 11) is 0. The molecule has 1 heterocycles. The van der Waals surface area contributed by atoms with Crippen molar-refractivity contribution in [3.63, 3.8) is 0 Å². The lowest BCUT2D eigenvalue weighted by molar-refractivity contribution is 0.290. The van der Waals surface area contributed by atoms with Crippen LogP contribution in [0.1, 0.15) is 11.1 Å². The van der Waals surface area contributed by atoms with E-state index in [1.165, 1.54) is 12.1 Å². The molecule has 0 atom stereocenters. The highest BCUT2D eigenvalue weighted by atomic mass is 79.9. The molecule has 2 aromatic rings. The predicted molar refractivity (Wildman–Crippen MR) is 79.1 cm³/mol. The van der Waals surface area contributed by atoms with Crippen molar-refractivity contribution < 1.29 is 13.9 Å². The van der Waals surface area contributed by atoms with Crippen LogP contribution in [0.3, 0.4) is 0 Å². The van der Waals surface area contributed by atoms with Crippen LogP contribution in [0.25, 0.3) is 0 Å². The van der Waals surface area contributed by atoms with Crippen molar-refractivity contribution in [1.82, 2.24) is 0 Å². The zero-order chi connectivity index (χ0) is 14.1. The molecule has 5 heteroatoms. The number of hydrogen-bond acceptors (Lipinski definition) is 2. The van der Waals surface area contributed by atoms with Gasteiger partial charge in [-0.1, -0.05) is 27.5 Å². The van der Waals surface area contributed by atoms with Gasteiger partial charge in [-0.15, -0.1) is 0 Å². The van der Waals surface area contributed by atoms with E-state index >= 15 is 0 Å². The zero-order valence-electron chi connectivity index (χ0n) is 10.5. The minimum absolute atomic E-state index is 0.290. The van der Waals surface area contributed by atoms with Gasteiger partial charge in [0.15, 0.2) is 0 Å². The van der Waals surface area contributed by atoms with Crippen LogP contribution in [0.2, 0.25) is 5.02 Å². The molecule has 0 bridgehead atoms. The zero-order valence-corrected chi connectivity index (χ0v) is 12.8. The van der Waals surface area contributed by atoms with Crippen LogP contribution >= 0.6 is 27.5 Å². The van der Waals surface area contributed by atoms with Gasteiger partial charge in [-0.25, -0.2) is 4.39 Å². The van der Waals surface area contributed by atoms with Gasteiger partial charge in [-0.05, 0) is 29.8 Å². The number of hydrogen-bond donors (Lipinski definition) is 0. The molecule has 2 nitrogen and oxygen atoms in total. The predicted octanol–water partition coefficient (Wildman–Crippen LogP) is 4.76. The van der Waals surface area contributed by atoms with E-state index < -0.39 is 0 Å². The van der Waals surface area contributed by atoms with Gasteiger partial charge in [0.1, 0.15) is 23.9 Å². The van der Waals surface area contributed by atoms with Gasteiger partial charge in [0.25, 0.3) is 0 Å². The third kappa shape index (κ3) is 2.91. The van der Waals surface area contributed by atoms with Crippen LogP contribution in [0.5, 0.6) is 11.5 Å². The molecular weight excluding hydrogens is 347 g/mol. The van der Waals surface area contributed by atoms with Crippen LogP contribution in [0, 0.1) is 5.82 Å². The van der Waals surface area contributed by atoms with Gasteiger partial charge in [-0.2, -0.15) is 0 Å². The molecular formula is C15H11BrClFO2. The molecule has 2 aromatic carbocycles. The fourth-order valence-electron chi connectivity index (χ4n) is 2.23. The van der Waals surface area contributed by atoms with Crippen molar-refractivity contribution in [3.8, 4) is 11.5 Å². The van der Waals surface area contributed by atoms with Crippen molar-refractivity contribution in [2.75, 3.05) is 6.61 Å². The number of fused-ring (bicyclic) bond motifs is 1. The van der Waals surface area contributed by atoms with E-state index in [-0.39, 0.29) is 5.82 Å². The third-order valence-electron chi connectivity index (χ3n) is 3.06. The standard InChI is InChI=1S/C15H11BrClFO2/c16-11-5-13(18)7-14(6-11)20-8-10-4-12(17)3-9-1-2-19-15(9)10/h3-7H,1-2,8H2. The second-order valence-electron chi connectivity index (χ2n) is 4.55. The Hall–Kier alpha value is -1.26. The van der Waals surface area contributed by atoms with Crippen LogP contribution in [0.15, 0.2) is 34.8 Å². The summed E-state index contributed by atoms with van der Waals surface area (Å²) in [5.41, 5.74) is 1.97. The number of rotatable bonds is 3. The molecule has 0 spiro atoms. The molecule has 0 unspecified atom stereocenters. The molecule has 1 aliphatic heterocycles. The maximum atomic E-state index is 13.3. The van der Waals surface area contributed by atoms with Crippen LogP contribution < -0.4 is 9.47 Å². The van der Waals surface area contributed by atoms with E-state index in [2.05, 4.69) is 15.9 Å². The highest BCUT2D eigenvalue weighted by Crippen LogP contribution is 2.33. The first-order chi connectivity index (χ1) is 9.61. The molecule has 0 saturated heterocycles. The first-order valence-electron chi connectivity index (χ1n) is 6.15. The lowest BCUT2D eigenvalue weighted by atomic mass is 10.1. The van der Waals surface area contributed by atoms with E-state index in [9.17, 15) is 4.39 Å².